The van der Waals surface area contributed by atoms with Crippen LogP contribution in [0.25, 0.3) is 0 Å². The smallest absolute Gasteiger partial charge is 0.134 e. The van der Waals surface area contributed by atoms with Crippen LogP contribution in [0.2, 0.25) is 5.02 Å². The third-order valence-electron chi connectivity index (χ3n) is 2.39. The fraction of sp³-hybridized carbons (Fsp3) is 0. The van der Waals surface area contributed by atoms with Crippen molar-refractivity contribution in [1.29, 1.82) is 0 Å². The lowest BCUT2D eigenvalue weighted by Crippen LogP contribution is -2.11. The fourth-order valence-corrected chi connectivity index (χ4v) is 2.60. The molecule has 0 fully saturated rings. The Morgan fingerprint density at radius 1 is 1.29 bits per heavy atom. The molecule has 1 aromatic carbocycles. The third kappa shape index (κ3) is 2.11. The van der Waals surface area contributed by atoms with Crippen LogP contribution in [0.4, 0.5) is 16.4 Å². The van der Waals surface area contributed by atoms with Crippen molar-refractivity contribution in [2.75, 3.05) is 5.32 Å². The minimum Gasteiger partial charge on any atom is -0.383 e. The second-order valence-electron chi connectivity index (χ2n) is 3.45. The molecule has 0 radical (unpaired) electrons. The molecule has 2 heterocycles. The number of nitrogens with two attached hydrogens (primary N) is 1. The molecule has 0 aliphatic carbocycles. The predicted octanol–water partition coefficient (Wildman–Crippen LogP) is 3.92. The number of fused-ring (bicyclic) bond motifs is 2. The van der Waals surface area contributed by atoms with Gasteiger partial charge in [0.15, 0.2) is 0 Å². The molecule has 6 heteroatoms. The normalized spacial score (nSPS) is 12.4. The maximum absolute atomic E-state index is 5.93. The maximum Gasteiger partial charge on any atom is 0.134 e. The average Bonchev–Trinajstić information content (AvgIpc) is 2.65. The molecule has 1 aliphatic rings. The Kier molecular flexibility index (Phi) is 3.28. The number of amidine groups is 1. The number of rotatable bonds is 0. The number of halogens is 2. The van der Waals surface area contributed by atoms with E-state index < -0.39 is 0 Å². The van der Waals surface area contributed by atoms with Gasteiger partial charge in [0, 0.05) is 5.02 Å². The topological polar surface area (TPSA) is 50.4 Å². The highest BCUT2D eigenvalue weighted by molar-refractivity contribution is 7.14. The molecule has 0 bridgehead atoms. The van der Waals surface area contributed by atoms with Crippen molar-refractivity contribution in [3.05, 3.63) is 40.2 Å². The highest BCUT2D eigenvalue weighted by atomic mass is 35.5. The molecule has 1 aliphatic heterocycles. The summed E-state index contributed by atoms with van der Waals surface area (Å²) in [4.78, 5) is 4.37. The molecule has 3 rings (SSSR count). The molecular formula is C11H9Cl2N3S. The van der Waals surface area contributed by atoms with Gasteiger partial charge < -0.3 is 11.1 Å². The second kappa shape index (κ2) is 4.56. The van der Waals surface area contributed by atoms with E-state index in [1.807, 2.05) is 23.6 Å². The van der Waals surface area contributed by atoms with Gasteiger partial charge in [0.1, 0.15) is 10.8 Å². The number of aliphatic imine (C=N–C) groups is 1. The Bertz CT molecular complexity index is 592. The van der Waals surface area contributed by atoms with Crippen molar-refractivity contribution < 1.29 is 0 Å². The molecule has 0 saturated heterocycles. The molecule has 1 aromatic heterocycles. The van der Waals surface area contributed by atoms with Crippen molar-refractivity contribution in [2.24, 2.45) is 10.7 Å². The molecule has 3 nitrogen and oxygen atoms in total. The van der Waals surface area contributed by atoms with Gasteiger partial charge in [-0.3, -0.25) is 0 Å². The van der Waals surface area contributed by atoms with Gasteiger partial charge in [-0.15, -0.1) is 23.7 Å². The quantitative estimate of drug-likeness (QED) is 0.771. The summed E-state index contributed by atoms with van der Waals surface area (Å²) in [6.07, 6.45) is 0. The molecule has 2 aromatic rings. The first-order valence-corrected chi connectivity index (χ1v) is 5.98. The zero-order valence-corrected chi connectivity index (χ0v) is 11.0. The largest absolute Gasteiger partial charge is 0.383 e. The van der Waals surface area contributed by atoms with E-state index >= 15 is 0 Å². The summed E-state index contributed by atoms with van der Waals surface area (Å²) in [6.45, 7) is 0. The molecule has 0 spiro atoms. The lowest BCUT2D eigenvalue weighted by Gasteiger charge is -2.05. The van der Waals surface area contributed by atoms with E-state index in [2.05, 4.69) is 10.3 Å². The van der Waals surface area contributed by atoms with Crippen LogP contribution in [0.15, 0.2) is 34.6 Å². The van der Waals surface area contributed by atoms with Gasteiger partial charge in [0.2, 0.25) is 0 Å². The van der Waals surface area contributed by atoms with Crippen LogP contribution < -0.4 is 11.1 Å². The molecule has 0 amide bonds. The summed E-state index contributed by atoms with van der Waals surface area (Å²) < 4.78 is 0. The van der Waals surface area contributed by atoms with Crippen LogP contribution in [-0.4, -0.2) is 5.84 Å². The number of nitrogens with one attached hydrogen (secondary N) is 1. The van der Waals surface area contributed by atoms with E-state index in [0.717, 1.165) is 21.9 Å². The van der Waals surface area contributed by atoms with Crippen LogP contribution in [0.5, 0.6) is 0 Å². The summed E-state index contributed by atoms with van der Waals surface area (Å²) in [5.74, 6) is 0.518. The highest BCUT2D eigenvalue weighted by Gasteiger charge is 2.15. The summed E-state index contributed by atoms with van der Waals surface area (Å²) in [5, 5.41) is 6.96. The first-order valence-electron chi connectivity index (χ1n) is 4.72. The van der Waals surface area contributed by atoms with Crippen molar-refractivity contribution in [1.82, 2.24) is 0 Å². The van der Waals surface area contributed by atoms with E-state index in [1.165, 1.54) is 0 Å². The maximum atomic E-state index is 5.93. The molecular weight excluding hydrogens is 277 g/mol. The van der Waals surface area contributed by atoms with Gasteiger partial charge in [-0.05, 0) is 29.6 Å². The monoisotopic (exact) mass is 285 g/mol. The zero-order valence-electron chi connectivity index (χ0n) is 8.61. The fourth-order valence-electron chi connectivity index (χ4n) is 1.62. The number of nitrogens with zero attached hydrogens (tertiary/aromatic N) is 1. The van der Waals surface area contributed by atoms with Crippen LogP contribution in [0.1, 0.15) is 5.56 Å². The first kappa shape index (κ1) is 12.2. The number of thiophene rings is 1. The van der Waals surface area contributed by atoms with E-state index in [-0.39, 0.29) is 12.4 Å². The van der Waals surface area contributed by atoms with Crippen molar-refractivity contribution in [2.45, 2.75) is 0 Å². The van der Waals surface area contributed by atoms with Gasteiger partial charge in [0.05, 0.1) is 16.9 Å². The van der Waals surface area contributed by atoms with Gasteiger partial charge in [0.25, 0.3) is 0 Å². The minimum atomic E-state index is 0. The van der Waals surface area contributed by atoms with Gasteiger partial charge >= 0.3 is 0 Å². The molecule has 0 saturated carbocycles. The molecule has 0 unspecified atom stereocenters. The zero-order chi connectivity index (χ0) is 11.1. The Hall–Kier alpha value is -1.23. The van der Waals surface area contributed by atoms with Crippen LogP contribution in [0.3, 0.4) is 0 Å². The van der Waals surface area contributed by atoms with Crippen LogP contribution in [0, 0.1) is 0 Å². The van der Waals surface area contributed by atoms with Crippen molar-refractivity contribution >= 4 is 57.6 Å². The van der Waals surface area contributed by atoms with Crippen molar-refractivity contribution in [3.63, 3.8) is 0 Å². The summed E-state index contributed by atoms with van der Waals surface area (Å²) in [5.41, 5.74) is 8.57. The number of benzene rings is 1. The SMILES string of the molecule is Cl.NC1=Nc2cc(Cl)ccc2Nc2sccc21. The third-order valence-corrected chi connectivity index (χ3v) is 3.46. The van der Waals surface area contributed by atoms with Crippen molar-refractivity contribution in [3.8, 4) is 0 Å². The molecule has 0 atom stereocenters. The predicted molar refractivity (Wildman–Crippen MR) is 76.7 cm³/mol. The van der Waals surface area contributed by atoms with E-state index in [4.69, 9.17) is 17.3 Å². The lowest BCUT2D eigenvalue weighted by molar-refractivity contribution is 1.48. The Morgan fingerprint density at radius 3 is 2.94 bits per heavy atom. The van der Waals surface area contributed by atoms with E-state index in [9.17, 15) is 0 Å². The van der Waals surface area contributed by atoms with Crippen LogP contribution >= 0.6 is 35.3 Å². The highest BCUT2D eigenvalue weighted by Crippen LogP contribution is 2.37. The number of hydrogen-bond acceptors (Lipinski definition) is 4. The first-order chi connectivity index (χ1) is 7.74. The van der Waals surface area contributed by atoms with Gasteiger partial charge in [-0.1, -0.05) is 11.6 Å². The number of hydrogen-bond donors (Lipinski definition) is 2. The Labute approximate surface area is 114 Å². The summed E-state index contributed by atoms with van der Waals surface area (Å²) >= 11 is 7.53. The standard InChI is InChI=1S/C11H8ClN3S.ClH/c12-6-1-2-8-9(5-6)14-10(13)7-3-4-16-11(7)15-8;/h1-5,15H,(H2,13,14);1H. The van der Waals surface area contributed by atoms with E-state index in [1.54, 1.807) is 17.4 Å². The summed E-state index contributed by atoms with van der Waals surface area (Å²) in [6, 6.07) is 7.49. The second-order valence-corrected chi connectivity index (χ2v) is 4.80. The number of anilines is 2. The van der Waals surface area contributed by atoms with Crippen LogP contribution in [-0.2, 0) is 0 Å². The summed E-state index contributed by atoms with van der Waals surface area (Å²) in [7, 11) is 0. The van der Waals surface area contributed by atoms with E-state index in [0.29, 0.717) is 10.9 Å². The van der Waals surface area contributed by atoms with Gasteiger partial charge in [-0.2, -0.15) is 0 Å². The Balaban J connectivity index is 0.00000108. The molecule has 3 N–H and O–H groups in total. The molecule has 88 valence electrons. The molecule has 17 heavy (non-hydrogen) atoms. The van der Waals surface area contributed by atoms with Gasteiger partial charge in [-0.25, -0.2) is 4.99 Å². The Morgan fingerprint density at radius 2 is 2.12 bits per heavy atom. The average molecular weight is 286 g/mol. The lowest BCUT2D eigenvalue weighted by atomic mass is 10.3. The minimum absolute atomic E-state index is 0.